The fourth-order valence-electron chi connectivity index (χ4n) is 1.61. The SMILES string of the molecule is CCN(C(=O)CNC1CC1)C(C)(C)C(=O)O. The molecule has 0 aromatic rings. The summed E-state index contributed by atoms with van der Waals surface area (Å²) in [5, 5.41) is 12.2. The molecular formula is C11H20N2O3. The Hall–Kier alpha value is -1.10. The summed E-state index contributed by atoms with van der Waals surface area (Å²) in [7, 11) is 0. The molecule has 0 unspecified atom stereocenters. The van der Waals surface area contributed by atoms with Gasteiger partial charge in [0.2, 0.25) is 5.91 Å². The molecule has 1 saturated carbocycles. The van der Waals surface area contributed by atoms with E-state index in [1.165, 1.54) is 4.90 Å². The van der Waals surface area contributed by atoms with E-state index in [1.54, 1.807) is 20.8 Å². The van der Waals surface area contributed by atoms with Crippen molar-refractivity contribution in [2.75, 3.05) is 13.1 Å². The van der Waals surface area contributed by atoms with E-state index < -0.39 is 11.5 Å². The van der Waals surface area contributed by atoms with Gasteiger partial charge in [0.15, 0.2) is 0 Å². The van der Waals surface area contributed by atoms with Gasteiger partial charge in [-0.15, -0.1) is 0 Å². The smallest absolute Gasteiger partial charge is 0.329 e. The molecule has 0 aromatic heterocycles. The molecule has 1 aliphatic rings. The number of hydrogen-bond acceptors (Lipinski definition) is 3. The zero-order chi connectivity index (χ0) is 12.3. The van der Waals surface area contributed by atoms with Crippen molar-refractivity contribution in [2.45, 2.75) is 45.2 Å². The maximum absolute atomic E-state index is 11.9. The molecule has 0 atom stereocenters. The summed E-state index contributed by atoms with van der Waals surface area (Å²) >= 11 is 0. The van der Waals surface area contributed by atoms with E-state index >= 15 is 0 Å². The van der Waals surface area contributed by atoms with Crippen molar-refractivity contribution < 1.29 is 14.7 Å². The van der Waals surface area contributed by atoms with E-state index in [9.17, 15) is 9.59 Å². The van der Waals surface area contributed by atoms with Gasteiger partial charge in [0.25, 0.3) is 0 Å². The zero-order valence-electron chi connectivity index (χ0n) is 10.1. The number of carbonyl (C=O) groups is 2. The van der Waals surface area contributed by atoms with Gasteiger partial charge in [-0.05, 0) is 33.6 Å². The number of amides is 1. The molecule has 0 aromatic carbocycles. The average molecular weight is 228 g/mol. The van der Waals surface area contributed by atoms with Crippen LogP contribution < -0.4 is 5.32 Å². The lowest BCUT2D eigenvalue weighted by molar-refractivity contribution is -0.156. The Balaban J connectivity index is 2.56. The number of likely N-dealkylation sites (N-methyl/N-ethyl adjacent to an activating group) is 1. The maximum atomic E-state index is 11.9. The predicted molar refractivity (Wildman–Crippen MR) is 60.1 cm³/mol. The predicted octanol–water partition coefficient (Wildman–Crippen LogP) is 0.450. The lowest BCUT2D eigenvalue weighted by Crippen LogP contribution is -2.55. The van der Waals surface area contributed by atoms with Crippen molar-refractivity contribution in [2.24, 2.45) is 0 Å². The van der Waals surface area contributed by atoms with Crippen molar-refractivity contribution in [3.63, 3.8) is 0 Å². The second-order valence-electron chi connectivity index (χ2n) is 4.66. The number of hydrogen-bond donors (Lipinski definition) is 2. The number of nitrogens with one attached hydrogen (secondary N) is 1. The van der Waals surface area contributed by atoms with Gasteiger partial charge in [-0.1, -0.05) is 0 Å². The third-order valence-corrected chi connectivity index (χ3v) is 2.93. The van der Waals surface area contributed by atoms with Gasteiger partial charge in [-0.25, -0.2) is 4.79 Å². The van der Waals surface area contributed by atoms with Gasteiger partial charge in [-0.3, -0.25) is 4.79 Å². The van der Waals surface area contributed by atoms with E-state index in [0.717, 1.165) is 12.8 Å². The van der Waals surface area contributed by atoms with Crippen LogP contribution in [0, 0.1) is 0 Å². The van der Waals surface area contributed by atoms with E-state index in [1.807, 2.05) is 0 Å². The summed E-state index contributed by atoms with van der Waals surface area (Å²) in [6, 6.07) is 0.454. The zero-order valence-corrected chi connectivity index (χ0v) is 10.1. The molecule has 1 fully saturated rings. The summed E-state index contributed by atoms with van der Waals surface area (Å²) in [4.78, 5) is 24.3. The number of carboxylic acids is 1. The van der Waals surface area contributed by atoms with E-state index in [-0.39, 0.29) is 12.5 Å². The lowest BCUT2D eigenvalue weighted by atomic mass is 10.0. The summed E-state index contributed by atoms with van der Waals surface area (Å²) < 4.78 is 0. The highest BCUT2D eigenvalue weighted by Crippen LogP contribution is 2.19. The van der Waals surface area contributed by atoms with Gasteiger partial charge in [-0.2, -0.15) is 0 Å². The highest BCUT2D eigenvalue weighted by Gasteiger charge is 2.37. The molecule has 1 amide bonds. The number of rotatable bonds is 6. The van der Waals surface area contributed by atoms with Crippen molar-refractivity contribution in [1.29, 1.82) is 0 Å². The number of aliphatic carboxylic acids is 1. The first-order valence-electron chi connectivity index (χ1n) is 5.66. The highest BCUT2D eigenvalue weighted by molar-refractivity contribution is 5.87. The Morgan fingerprint density at radius 1 is 1.44 bits per heavy atom. The summed E-state index contributed by atoms with van der Waals surface area (Å²) in [5.41, 5.74) is -1.14. The molecular weight excluding hydrogens is 208 g/mol. The quantitative estimate of drug-likeness (QED) is 0.692. The van der Waals surface area contributed by atoms with Gasteiger partial charge in [0.1, 0.15) is 5.54 Å². The van der Waals surface area contributed by atoms with Crippen LogP contribution in [0.1, 0.15) is 33.6 Å². The second kappa shape index (κ2) is 4.82. The molecule has 0 heterocycles. The van der Waals surface area contributed by atoms with Crippen LogP contribution in [0.5, 0.6) is 0 Å². The molecule has 1 aliphatic carbocycles. The van der Waals surface area contributed by atoms with Crippen molar-refractivity contribution in [3.05, 3.63) is 0 Å². The van der Waals surface area contributed by atoms with Crippen LogP contribution in [0.4, 0.5) is 0 Å². The minimum Gasteiger partial charge on any atom is -0.480 e. The third-order valence-electron chi connectivity index (χ3n) is 2.93. The highest BCUT2D eigenvalue weighted by atomic mass is 16.4. The summed E-state index contributed by atoms with van der Waals surface area (Å²) in [6.45, 7) is 5.53. The Bertz CT molecular complexity index is 285. The molecule has 0 spiro atoms. The molecule has 0 saturated heterocycles. The molecule has 0 bridgehead atoms. The summed E-state index contributed by atoms with van der Waals surface area (Å²) in [5.74, 6) is -1.13. The second-order valence-corrected chi connectivity index (χ2v) is 4.66. The van der Waals surface area contributed by atoms with Crippen molar-refractivity contribution in [1.82, 2.24) is 10.2 Å². The van der Waals surface area contributed by atoms with Crippen LogP contribution in [-0.4, -0.2) is 46.6 Å². The van der Waals surface area contributed by atoms with Gasteiger partial charge >= 0.3 is 5.97 Å². The van der Waals surface area contributed by atoms with Crippen molar-refractivity contribution >= 4 is 11.9 Å². The Labute approximate surface area is 95.8 Å². The van der Waals surface area contributed by atoms with E-state index in [2.05, 4.69) is 5.32 Å². The third kappa shape index (κ3) is 2.95. The van der Waals surface area contributed by atoms with Gasteiger partial charge in [0, 0.05) is 12.6 Å². The minimum absolute atomic E-state index is 0.151. The molecule has 2 N–H and O–H groups in total. The molecule has 5 nitrogen and oxygen atoms in total. The first-order chi connectivity index (χ1) is 7.39. The van der Waals surface area contributed by atoms with Crippen LogP contribution in [-0.2, 0) is 9.59 Å². The monoisotopic (exact) mass is 228 g/mol. The van der Waals surface area contributed by atoms with Crippen molar-refractivity contribution in [3.8, 4) is 0 Å². The molecule has 0 aliphatic heterocycles. The Kier molecular flexibility index (Phi) is 3.91. The average Bonchev–Trinajstić information content (AvgIpc) is 2.98. The van der Waals surface area contributed by atoms with Crippen LogP contribution in [0.2, 0.25) is 0 Å². The number of carboxylic acid groups (broad SMARTS) is 1. The molecule has 92 valence electrons. The first-order valence-corrected chi connectivity index (χ1v) is 5.66. The van der Waals surface area contributed by atoms with Crippen LogP contribution in [0.3, 0.4) is 0 Å². The maximum Gasteiger partial charge on any atom is 0.329 e. The van der Waals surface area contributed by atoms with Crippen LogP contribution in [0.25, 0.3) is 0 Å². The first kappa shape index (κ1) is 13.0. The topological polar surface area (TPSA) is 69.6 Å². The lowest BCUT2D eigenvalue weighted by Gasteiger charge is -2.34. The fraction of sp³-hybridized carbons (Fsp3) is 0.818. The largest absolute Gasteiger partial charge is 0.480 e. The van der Waals surface area contributed by atoms with E-state index in [4.69, 9.17) is 5.11 Å². The van der Waals surface area contributed by atoms with Gasteiger partial charge < -0.3 is 15.3 Å². The minimum atomic E-state index is -1.14. The fourth-order valence-corrected chi connectivity index (χ4v) is 1.61. The van der Waals surface area contributed by atoms with Crippen LogP contribution in [0.15, 0.2) is 0 Å². The molecule has 5 heteroatoms. The van der Waals surface area contributed by atoms with Crippen LogP contribution >= 0.6 is 0 Å². The molecule has 0 radical (unpaired) electrons. The van der Waals surface area contributed by atoms with E-state index in [0.29, 0.717) is 12.6 Å². The summed E-state index contributed by atoms with van der Waals surface area (Å²) in [6.07, 6.45) is 2.23. The molecule has 1 rings (SSSR count). The number of carbonyl (C=O) groups excluding carboxylic acids is 1. The Morgan fingerprint density at radius 3 is 2.38 bits per heavy atom. The van der Waals surface area contributed by atoms with Gasteiger partial charge in [0.05, 0.1) is 6.54 Å². The normalized spacial score (nSPS) is 15.9. The number of nitrogens with zero attached hydrogens (tertiary/aromatic N) is 1. The standard InChI is InChI=1S/C11H20N2O3/c1-4-13(11(2,3)10(15)16)9(14)7-12-8-5-6-8/h8,12H,4-7H2,1-3H3,(H,15,16). The Morgan fingerprint density at radius 2 is 2.00 bits per heavy atom. The molecule has 16 heavy (non-hydrogen) atoms.